The molecule has 0 saturated carbocycles. The molecule has 0 aliphatic heterocycles. The van der Waals surface area contributed by atoms with Crippen LogP contribution in [0.3, 0.4) is 0 Å². The van der Waals surface area contributed by atoms with Crippen LogP contribution in [-0.4, -0.2) is 63.3 Å². The van der Waals surface area contributed by atoms with Crippen LogP contribution in [0.1, 0.15) is 39.6 Å². The minimum absolute atomic E-state index is 0.0692. The van der Waals surface area contributed by atoms with Crippen LogP contribution in [0, 0.1) is 13.8 Å². The number of carboxylic acid groups (broad SMARTS) is 2. The Balaban J connectivity index is 0.000000224. The number of aromatic nitrogens is 2. The summed E-state index contributed by atoms with van der Waals surface area (Å²) in [6, 6.07) is 49.7. The second kappa shape index (κ2) is 24.9. The number of carbonyl (C=O) groups is 2. The summed E-state index contributed by atoms with van der Waals surface area (Å²) in [7, 11) is 0. The topological polar surface area (TPSA) is 170 Å². The van der Waals surface area contributed by atoms with Crippen molar-refractivity contribution in [3.8, 4) is 45.9 Å². The predicted molar refractivity (Wildman–Crippen MR) is 264 cm³/mol. The van der Waals surface area contributed by atoms with Crippen molar-refractivity contribution in [1.82, 2.24) is 20.2 Å². The Morgan fingerprint density at radius 3 is 1.57 bits per heavy atom. The van der Waals surface area contributed by atoms with Crippen molar-refractivity contribution in [3.63, 3.8) is 0 Å². The molecule has 0 bridgehead atoms. The predicted octanol–water partition coefficient (Wildman–Crippen LogP) is 11.2. The maximum absolute atomic E-state index is 11.7. The molecule has 0 aliphatic rings. The second-order valence-corrected chi connectivity index (χ2v) is 16.4. The Morgan fingerprint density at radius 2 is 1.06 bits per heavy atom. The largest absolute Gasteiger partial charge is 0.493 e. The van der Waals surface area contributed by atoms with Crippen LogP contribution in [-0.2, 0) is 42.1 Å². The van der Waals surface area contributed by atoms with Crippen molar-refractivity contribution in [1.29, 1.82) is 0 Å². The molecule has 14 heteroatoms. The van der Waals surface area contributed by atoms with E-state index >= 15 is 0 Å². The molecule has 0 atom stereocenters. The Kier molecular flexibility index (Phi) is 17.7. The second-order valence-electron chi connectivity index (χ2n) is 16.0. The fraction of sp³-hybridized carbons (Fsp3) is 0.200. The first-order chi connectivity index (χ1) is 33.5. The third-order valence-corrected chi connectivity index (χ3v) is 10.8. The Bertz CT molecular complexity index is 2890. The highest BCUT2D eigenvalue weighted by atomic mass is 35.5. The summed E-state index contributed by atoms with van der Waals surface area (Å²) < 4.78 is 29.4. The Hall–Kier alpha value is -7.71. The summed E-state index contributed by atoms with van der Waals surface area (Å²) in [6.07, 6.45) is 1.25. The molecule has 2 aromatic heterocycles. The van der Waals surface area contributed by atoms with E-state index in [4.69, 9.17) is 39.8 Å². The molecule has 0 saturated heterocycles. The molecule has 354 valence electrons. The quantitative estimate of drug-likeness (QED) is 0.0587. The zero-order chi connectivity index (χ0) is 48.4. The minimum atomic E-state index is -0.895. The molecule has 3 N–H and O–H groups in total. The number of hydrogen-bond acceptors (Lipinski definition) is 11. The van der Waals surface area contributed by atoms with Gasteiger partial charge in [-0.25, -0.2) is 9.97 Å². The lowest BCUT2D eigenvalue weighted by molar-refractivity contribution is -0.139. The van der Waals surface area contributed by atoms with E-state index in [1.807, 2.05) is 152 Å². The van der Waals surface area contributed by atoms with Crippen LogP contribution in [0.4, 0.5) is 0 Å². The van der Waals surface area contributed by atoms with Crippen LogP contribution < -0.4 is 19.5 Å². The van der Waals surface area contributed by atoms with E-state index in [-0.39, 0.29) is 13.1 Å². The van der Waals surface area contributed by atoms with Crippen molar-refractivity contribution in [2.75, 3.05) is 26.3 Å². The van der Waals surface area contributed by atoms with Gasteiger partial charge in [-0.2, -0.15) is 0 Å². The number of nitrogens with one attached hydrogen (secondary N) is 1. The number of aryl methyl sites for hydroxylation is 2. The van der Waals surface area contributed by atoms with Crippen molar-refractivity contribution in [2.24, 2.45) is 0 Å². The van der Waals surface area contributed by atoms with Gasteiger partial charge in [-0.05, 0) is 115 Å². The highest BCUT2D eigenvalue weighted by molar-refractivity contribution is 6.30. The standard InChI is InChI=1S/C34H31ClN2O5.C21H22N2O4/c1-24-32(36-34(41-24)27-9-3-2-4-10-27)17-18-40-30-11-5-7-25(19-30)21-37(23-33(38)39)22-26-8-6-12-31(20-26)42-29-15-13-28(35)14-16-29;1-15-19(23-21(27-15)17-7-3-2-4-8-17)10-11-26-18-9-5-6-16(12-18)13-22-14-20(24)25/h2-16,19-20H,17-18,21-23H2,1H3,(H,38,39);2-9,12,22H,10-11,13-14H2,1H3,(H,24,25). The third kappa shape index (κ3) is 15.7. The summed E-state index contributed by atoms with van der Waals surface area (Å²) >= 11 is 5.97. The number of benzene rings is 6. The van der Waals surface area contributed by atoms with Gasteiger partial charge in [0.25, 0.3) is 0 Å². The number of oxazole rings is 2. The van der Waals surface area contributed by atoms with E-state index in [9.17, 15) is 14.7 Å². The SMILES string of the molecule is Cc1oc(-c2ccccc2)nc1CCOc1cccc(CN(CC(=O)O)Cc2cccc(Oc3ccc(Cl)cc3)c2)c1.Cc1oc(-c2ccccc2)nc1CCOc1cccc(CNCC(=O)O)c1. The summed E-state index contributed by atoms with van der Waals surface area (Å²) in [5, 5.41) is 21.7. The van der Waals surface area contributed by atoms with E-state index in [1.54, 1.807) is 24.3 Å². The lowest BCUT2D eigenvalue weighted by atomic mass is 10.1. The first-order valence-corrected chi connectivity index (χ1v) is 22.8. The van der Waals surface area contributed by atoms with E-state index in [1.165, 1.54) is 0 Å². The van der Waals surface area contributed by atoms with Gasteiger partial charge in [0.1, 0.15) is 34.5 Å². The molecule has 69 heavy (non-hydrogen) atoms. The lowest BCUT2D eigenvalue weighted by Gasteiger charge is -2.21. The van der Waals surface area contributed by atoms with E-state index in [0.717, 1.165) is 56.5 Å². The van der Waals surface area contributed by atoms with Gasteiger partial charge in [0, 0.05) is 48.6 Å². The molecule has 2 heterocycles. The maximum Gasteiger partial charge on any atom is 0.317 e. The van der Waals surface area contributed by atoms with Crippen LogP contribution in [0.2, 0.25) is 5.02 Å². The Labute approximate surface area is 405 Å². The number of nitrogens with zero attached hydrogens (tertiary/aromatic N) is 3. The maximum atomic E-state index is 11.7. The van der Waals surface area contributed by atoms with Crippen molar-refractivity contribution in [3.05, 3.63) is 202 Å². The van der Waals surface area contributed by atoms with Crippen LogP contribution in [0.15, 0.2) is 167 Å². The molecule has 0 amide bonds. The normalized spacial score (nSPS) is 10.9. The van der Waals surface area contributed by atoms with Crippen molar-refractivity contribution >= 4 is 23.5 Å². The van der Waals surface area contributed by atoms with E-state index < -0.39 is 11.9 Å². The number of carboxylic acids is 2. The van der Waals surface area contributed by atoms with E-state index in [2.05, 4.69) is 15.3 Å². The van der Waals surface area contributed by atoms with E-state index in [0.29, 0.717) is 79.7 Å². The number of rotatable bonds is 22. The molecular formula is C55H53ClN4O9. The molecule has 6 aromatic carbocycles. The van der Waals surface area contributed by atoms with Crippen molar-refractivity contribution in [2.45, 2.75) is 46.3 Å². The smallest absolute Gasteiger partial charge is 0.317 e. The van der Waals surface area contributed by atoms with Gasteiger partial charge in [0.2, 0.25) is 11.8 Å². The zero-order valence-electron chi connectivity index (χ0n) is 38.3. The van der Waals surface area contributed by atoms with Gasteiger partial charge in [0.15, 0.2) is 0 Å². The van der Waals surface area contributed by atoms with Crippen molar-refractivity contribution < 1.29 is 42.8 Å². The number of hydrogen-bond donors (Lipinski definition) is 3. The number of aliphatic carboxylic acids is 2. The van der Waals surface area contributed by atoms with Gasteiger partial charge in [-0.1, -0.05) is 84.4 Å². The minimum Gasteiger partial charge on any atom is -0.493 e. The van der Waals surface area contributed by atoms with Gasteiger partial charge in [0.05, 0.1) is 37.7 Å². The molecular weight excluding hydrogens is 896 g/mol. The average Bonchev–Trinajstić information content (AvgIpc) is 3.91. The highest BCUT2D eigenvalue weighted by Gasteiger charge is 2.15. The molecule has 13 nitrogen and oxygen atoms in total. The van der Waals surface area contributed by atoms with Crippen LogP contribution >= 0.6 is 11.6 Å². The number of ether oxygens (including phenoxy) is 3. The van der Waals surface area contributed by atoms with Gasteiger partial charge >= 0.3 is 11.9 Å². The molecule has 0 spiro atoms. The van der Waals surface area contributed by atoms with Gasteiger partial charge in [-0.3, -0.25) is 14.5 Å². The van der Waals surface area contributed by atoms with Gasteiger partial charge < -0.3 is 38.6 Å². The monoisotopic (exact) mass is 948 g/mol. The van der Waals surface area contributed by atoms with Gasteiger partial charge in [-0.15, -0.1) is 0 Å². The summed E-state index contributed by atoms with van der Waals surface area (Å²) in [5.74, 6) is 3.82. The number of halogens is 1. The molecule has 8 rings (SSSR count). The summed E-state index contributed by atoms with van der Waals surface area (Å²) in [5.41, 5.74) is 6.49. The summed E-state index contributed by atoms with van der Waals surface area (Å²) in [4.78, 5) is 33.3. The third-order valence-electron chi connectivity index (χ3n) is 10.6. The lowest BCUT2D eigenvalue weighted by Crippen LogP contribution is -2.29. The molecule has 0 fully saturated rings. The zero-order valence-corrected chi connectivity index (χ0v) is 39.1. The molecule has 8 aromatic rings. The summed E-state index contributed by atoms with van der Waals surface area (Å²) in [6.45, 7) is 5.90. The highest BCUT2D eigenvalue weighted by Crippen LogP contribution is 2.27. The van der Waals surface area contributed by atoms with Crippen LogP contribution in [0.5, 0.6) is 23.0 Å². The fourth-order valence-electron chi connectivity index (χ4n) is 7.27. The Morgan fingerprint density at radius 1 is 0.580 bits per heavy atom. The fourth-order valence-corrected chi connectivity index (χ4v) is 7.40. The first kappa shape index (κ1) is 49.2. The first-order valence-electron chi connectivity index (χ1n) is 22.4. The molecule has 0 aliphatic carbocycles. The van der Waals surface area contributed by atoms with Crippen LogP contribution in [0.25, 0.3) is 22.9 Å². The molecule has 0 radical (unpaired) electrons. The molecule has 0 unspecified atom stereocenters. The average molecular weight is 950 g/mol.